The molecule has 0 saturated heterocycles. The third-order valence-electron chi connectivity index (χ3n) is 3.74. The van der Waals surface area contributed by atoms with Crippen molar-refractivity contribution >= 4 is 28.4 Å². The van der Waals surface area contributed by atoms with E-state index in [1.54, 1.807) is 25.1 Å². The maximum Gasteiger partial charge on any atom is 0.272 e. The van der Waals surface area contributed by atoms with Crippen LogP contribution in [0.4, 0.5) is 5.69 Å². The minimum atomic E-state index is -0.427. The third kappa shape index (κ3) is 3.59. The molecule has 0 bridgehead atoms. The number of halogens is 1. The summed E-state index contributed by atoms with van der Waals surface area (Å²) in [6.07, 6.45) is 1.56. The zero-order chi connectivity index (χ0) is 18.0. The molecule has 0 atom stereocenters. The van der Waals surface area contributed by atoms with Crippen LogP contribution in [-0.4, -0.2) is 15.1 Å². The first-order valence-electron chi connectivity index (χ1n) is 7.48. The van der Waals surface area contributed by atoms with Gasteiger partial charge in [0, 0.05) is 17.2 Å². The number of nitro benzene ring substituents is 1. The van der Waals surface area contributed by atoms with Gasteiger partial charge in [0.25, 0.3) is 11.6 Å². The van der Waals surface area contributed by atoms with Gasteiger partial charge in [0.05, 0.1) is 4.92 Å². The molecule has 3 aromatic rings. The van der Waals surface area contributed by atoms with E-state index in [0.29, 0.717) is 17.0 Å². The summed E-state index contributed by atoms with van der Waals surface area (Å²) in [7, 11) is 0. The highest BCUT2D eigenvalue weighted by Crippen LogP contribution is 2.27. The predicted octanol–water partition coefficient (Wildman–Crippen LogP) is 5.00. The minimum Gasteiger partial charge on any atom is -0.333 e. The van der Waals surface area contributed by atoms with Crippen LogP contribution >= 0.6 is 11.6 Å². The van der Waals surface area contributed by atoms with Crippen LogP contribution in [0.15, 0.2) is 47.0 Å². The Morgan fingerprint density at radius 2 is 1.96 bits per heavy atom. The maximum atomic E-state index is 11.0. The van der Waals surface area contributed by atoms with Gasteiger partial charge in [-0.05, 0) is 31.1 Å². The van der Waals surface area contributed by atoms with Gasteiger partial charge in [-0.25, -0.2) is 0 Å². The second-order valence-corrected chi connectivity index (χ2v) is 5.94. The molecule has 0 N–H and O–H groups in total. The molecule has 126 valence electrons. The lowest BCUT2D eigenvalue weighted by molar-refractivity contribution is -0.385. The SMILES string of the molecule is Cc1ccccc1-c1noc(/C(Cl)=C/c2ccc(C)c([N+](=O)[O-])c2)n1. The van der Waals surface area contributed by atoms with E-state index in [1.165, 1.54) is 6.07 Å². The van der Waals surface area contributed by atoms with E-state index in [4.69, 9.17) is 16.1 Å². The first-order chi connectivity index (χ1) is 12.0. The third-order valence-corrected chi connectivity index (χ3v) is 4.01. The van der Waals surface area contributed by atoms with E-state index in [1.807, 2.05) is 31.2 Å². The first kappa shape index (κ1) is 16.9. The fraction of sp³-hybridized carbons (Fsp3) is 0.111. The minimum absolute atomic E-state index is 0.0318. The van der Waals surface area contributed by atoms with Gasteiger partial charge in [0.2, 0.25) is 5.82 Å². The number of nitro groups is 1. The van der Waals surface area contributed by atoms with Gasteiger partial charge in [-0.1, -0.05) is 53.2 Å². The topological polar surface area (TPSA) is 82.1 Å². The molecule has 6 nitrogen and oxygen atoms in total. The molecule has 0 amide bonds. The zero-order valence-corrected chi connectivity index (χ0v) is 14.3. The monoisotopic (exact) mass is 355 g/mol. The summed E-state index contributed by atoms with van der Waals surface area (Å²) in [6.45, 7) is 3.63. The highest BCUT2D eigenvalue weighted by atomic mass is 35.5. The smallest absolute Gasteiger partial charge is 0.272 e. The Hall–Kier alpha value is -2.99. The molecule has 0 saturated carbocycles. The van der Waals surface area contributed by atoms with Gasteiger partial charge in [0.15, 0.2) is 0 Å². The van der Waals surface area contributed by atoms with Crippen molar-refractivity contribution in [3.8, 4) is 11.4 Å². The molecule has 0 unspecified atom stereocenters. The highest BCUT2D eigenvalue weighted by Gasteiger charge is 2.14. The van der Waals surface area contributed by atoms with Crippen molar-refractivity contribution in [2.75, 3.05) is 0 Å². The van der Waals surface area contributed by atoms with Gasteiger partial charge in [0.1, 0.15) is 5.03 Å². The zero-order valence-electron chi connectivity index (χ0n) is 13.6. The molecular formula is C18H14ClN3O3. The van der Waals surface area contributed by atoms with Gasteiger partial charge in [-0.15, -0.1) is 0 Å². The van der Waals surface area contributed by atoms with E-state index >= 15 is 0 Å². The second-order valence-electron chi connectivity index (χ2n) is 5.53. The fourth-order valence-corrected chi connectivity index (χ4v) is 2.58. The van der Waals surface area contributed by atoms with Crippen LogP contribution in [0.3, 0.4) is 0 Å². The van der Waals surface area contributed by atoms with E-state index in [-0.39, 0.29) is 16.6 Å². The normalized spacial score (nSPS) is 11.6. The summed E-state index contributed by atoms with van der Waals surface area (Å²) in [5.74, 6) is 0.595. The Balaban J connectivity index is 1.93. The lowest BCUT2D eigenvalue weighted by Crippen LogP contribution is -1.92. The Morgan fingerprint density at radius 1 is 1.20 bits per heavy atom. The van der Waals surface area contributed by atoms with Crippen LogP contribution in [0, 0.1) is 24.0 Å². The summed E-state index contributed by atoms with van der Waals surface area (Å²) >= 11 is 6.25. The average molecular weight is 356 g/mol. The van der Waals surface area contributed by atoms with Crippen LogP contribution in [0.25, 0.3) is 22.5 Å². The van der Waals surface area contributed by atoms with Crippen LogP contribution in [0.5, 0.6) is 0 Å². The van der Waals surface area contributed by atoms with Crippen molar-refractivity contribution in [1.29, 1.82) is 0 Å². The Bertz CT molecular complexity index is 979. The number of hydrogen-bond acceptors (Lipinski definition) is 5. The van der Waals surface area contributed by atoms with Crippen LogP contribution in [-0.2, 0) is 0 Å². The molecule has 2 aromatic carbocycles. The van der Waals surface area contributed by atoms with Crippen molar-refractivity contribution in [1.82, 2.24) is 10.1 Å². The summed E-state index contributed by atoms with van der Waals surface area (Å²) in [5, 5.41) is 15.2. The van der Waals surface area contributed by atoms with E-state index in [9.17, 15) is 10.1 Å². The Morgan fingerprint density at radius 3 is 2.68 bits per heavy atom. The standard InChI is InChI=1S/C18H14ClN3O3/c1-11-5-3-4-6-14(11)17-20-18(25-21-17)15(19)9-13-8-7-12(2)16(10-13)22(23)24/h3-10H,1-2H3/b15-9-. The number of hydrogen-bond donors (Lipinski definition) is 0. The molecule has 0 fully saturated rings. The Labute approximate surface area is 148 Å². The first-order valence-corrected chi connectivity index (χ1v) is 7.86. The average Bonchev–Trinajstić information content (AvgIpc) is 3.06. The van der Waals surface area contributed by atoms with Crippen molar-refractivity contribution in [3.63, 3.8) is 0 Å². The van der Waals surface area contributed by atoms with Crippen LogP contribution in [0.2, 0.25) is 0 Å². The van der Waals surface area contributed by atoms with E-state index < -0.39 is 4.92 Å². The molecule has 1 aromatic heterocycles. The van der Waals surface area contributed by atoms with Gasteiger partial charge in [-0.2, -0.15) is 4.98 Å². The number of nitrogens with zero attached hydrogens (tertiary/aromatic N) is 3. The summed E-state index contributed by atoms with van der Waals surface area (Å²) in [6, 6.07) is 12.5. The van der Waals surface area contributed by atoms with Gasteiger partial charge >= 0.3 is 0 Å². The summed E-state index contributed by atoms with van der Waals surface area (Å²) < 4.78 is 5.21. The molecular weight excluding hydrogens is 342 g/mol. The predicted molar refractivity (Wildman–Crippen MR) is 96.0 cm³/mol. The molecule has 1 heterocycles. The largest absolute Gasteiger partial charge is 0.333 e. The summed E-state index contributed by atoms with van der Waals surface area (Å²) in [5.41, 5.74) is 3.07. The molecule has 0 aliphatic rings. The number of aryl methyl sites for hydroxylation is 2. The molecule has 0 radical (unpaired) electrons. The summed E-state index contributed by atoms with van der Waals surface area (Å²) in [4.78, 5) is 14.9. The van der Waals surface area contributed by atoms with Gasteiger partial charge in [-0.3, -0.25) is 10.1 Å². The van der Waals surface area contributed by atoms with Crippen LogP contribution in [0.1, 0.15) is 22.6 Å². The molecule has 25 heavy (non-hydrogen) atoms. The second kappa shape index (κ2) is 6.86. The van der Waals surface area contributed by atoms with E-state index in [2.05, 4.69) is 10.1 Å². The molecule has 0 spiro atoms. The maximum absolute atomic E-state index is 11.0. The van der Waals surface area contributed by atoms with Crippen molar-refractivity contribution in [2.24, 2.45) is 0 Å². The fourth-order valence-electron chi connectivity index (χ4n) is 2.37. The van der Waals surface area contributed by atoms with Crippen molar-refractivity contribution < 1.29 is 9.45 Å². The number of aromatic nitrogens is 2. The molecule has 0 aliphatic heterocycles. The molecule has 7 heteroatoms. The Kier molecular flexibility index (Phi) is 4.63. The van der Waals surface area contributed by atoms with Crippen molar-refractivity contribution in [2.45, 2.75) is 13.8 Å². The number of rotatable bonds is 4. The van der Waals surface area contributed by atoms with Gasteiger partial charge < -0.3 is 4.52 Å². The van der Waals surface area contributed by atoms with Crippen molar-refractivity contribution in [3.05, 3.63) is 75.2 Å². The van der Waals surface area contributed by atoms with Crippen LogP contribution < -0.4 is 0 Å². The lowest BCUT2D eigenvalue weighted by Gasteiger charge is -1.99. The number of benzene rings is 2. The highest BCUT2D eigenvalue weighted by molar-refractivity contribution is 6.50. The molecule has 3 rings (SSSR count). The lowest BCUT2D eigenvalue weighted by atomic mass is 10.1. The van der Waals surface area contributed by atoms with E-state index in [0.717, 1.165) is 11.1 Å². The quantitative estimate of drug-likeness (QED) is 0.486. The molecule has 0 aliphatic carbocycles.